The summed E-state index contributed by atoms with van der Waals surface area (Å²) >= 11 is 3.56. The summed E-state index contributed by atoms with van der Waals surface area (Å²) in [5.74, 6) is 0.456. The summed E-state index contributed by atoms with van der Waals surface area (Å²) in [4.78, 5) is 0. The van der Waals surface area contributed by atoms with Gasteiger partial charge in [-0.3, -0.25) is 0 Å². The van der Waals surface area contributed by atoms with Gasteiger partial charge in [-0.05, 0) is 36.8 Å². The third kappa shape index (κ3) is 2.82. The van der Waals surface area contributed by atoms with Gasteiger partial charge in [0.1, 0.15) is 0 Å². The fourth-order valence-corrected chi connectivity index (χ4v) is 2.82. The summed E-state index contributed by atoms with van der Waals surface area (Å²) in [5.41, 5.74) is 1.32. The van der Waals surface area contributed by atoms with Gasteiger partial charge in [0.2, 0.25) is 0 Å². The van der Waals surface area contributed by atoms with E-state index in [-0.39, 0.29) is 6.10 Å². The minimum absolute atomic E-state index is 0.0918. The number of aliphatic hydroxyl groups excluding tert-OH is 1. The minimum Gasteiger partial charge on any atom is -0.393 e. The van der Waals surface area contributed by atoms with Crippen molar-refractivity contribution in [3.8, 4) is 0 Å². The molecular formula is C13H17BrO. The Hall–Kier alpha value is -0.340. The summed E-state index contributed by atoms with van der Waals surface area (Å²) in [6.07, 6.45) is 5.52. The Kier molecular flexibility index (Phi) is 3.81. The zero-order chi connectivity index (χ0) is 10.7. The molecule has 82 valence electrons. The van der Waals surface area contributed by atoms with Gasteiger partial charge < -0.3 is 5.11 Å². The molecule has 2 unspecified atom stereocenters. The molecule has 2 atom stereocenters. The van der Waals surface area contributed by atoms with Crippen LogP contribution in [0.1, 0.15) is 31.2 Å². The maximum Gasteiger partial charge on any atom is 0.0571 e. The molecule has 0 heterocycles. The van der Waals surface area contributed by atoms with E-state index in [2.05, 4.69) is 34.1 Å². The van der Waals surface area contributed by atoms with Crippen LogP contribution in [-0.4, -0.2) is 11.2 Å². The summed E-state index contributed by atoms with van der Waals surface area (Å²) in [6, 6.07) is 8.32. The topological polar surface area (TPSA) is 20.2 Å². The van der Waals surface area contributed by atoms with Crippen molar-refractivity contribution >= 4 is 15.9 Å². The van der Waals surface area contributed by atoms with Gasteiger partial charge >= 0.3 is 0 Å². The molecule has 2 rings (SSSR count). The van der Waals surface area contributed by atoms with E-state index in [4.69, 9.17) is 0 Å². The highest BCUT2D eigenvalue weighted by molar-refractivity contribution is 9.10. The minimum atomic E-state index is -0.0918. The lowest BCUT2D eigenvalue weighted by Crippen LogP contribution is -2.26. The monoisotopic (exact) mass is 268 g/mol. The summed E-state index contributed by atoms with van der Waals surface area (Å²) in [6.45, 7) is 0. The highest BCUT2D eigenvalue weighted by Crippen LogP contribution is 2.29. The Bertz CT molecular complexity index is 324. The lowest BCUT2D eigenvalue weighted by atomic mass is 9.82. The van der Waals surface area contributed by atoms with E-state index >= 15 is 0 Å². The highest BCUT2D eigenvalue weighted by Gasteiger charge is 2.23. The van der Waals surface area contributed by atoms with E-state index < -0.39 is 0 Å². The standard InChI is InChI=1S/C13H17BrO/c14-12-7-3-1-5-10(12)9-11-6-2-4-8-13(11)15/h1,3,5,7,11,13,15H,2,4,6,8-9H2. The quantitative estimate of drug-likeness (QED) is 0.870. The first-order valence-electron chi connectivity index (χ1n) is 5.69. The fraction of sp³-hybridized carbons (Fsp3) is 0.538. The summed E-state index contributed by atoms with van der Waals surface area (Å²) in [5, 5.41) is 9.91. The first kappa shape index (κ1) is 11.2. The second-order valence-electron chi connectivity index (χ2n) is 4.41. The number of benzene rings is 1. The molecule has 1 aliphatic carbocycles. The zero-order valence-electron chi connectivity index (χ0n) is 8.82. The predicted molar refractivity (Wildman–Crippen MR) is 65.8 cm³/mol. The van der Waals surface area contributed by atoms with Crippen molar-refractivity contribution in [2.24, 2.45) is 5.92 Å². The Balaban J connectivity index is 2.04. The summed E-state index contributed by atoms with van der Waals surface area (Å²) < 4.78 is 1.17. The van der Waals surface area contributed by atoms with Crippen molar-refractivity contribution in [2.75, 3.05) is 0 Å². The van der Waals surface area contributed by atoms with E-state index in [0.717, 1.165) is 12.8 Å². The van der Waals surface area contributed by atoms with Crippen LogP contribution in [0.2, 0.25) is 0 Å². The van der Waals surface area contributed by atoms with Crippen LogP contribution in [0, 0.1) is 5.92 Å². The normalized spacial score (nSPS) is 26.5. The van der Waals surface area contributed by atoms with E-state index in [0.29, 0.717) is 5.92 Å². The van der Waals surface area contributed by atoms with Gasteiger partial charge in [-0.25, -0.2) is 0 Å². The number of hydrogen-bond donors (Lipinski definition) is 1. The molecule has 0 amide bonds. The molecule has 1 aromatic carbocycles. The van der Waals surface area contributed by atoms with Gasteiger partial charge in [0, 0.05) is 4.47 Å². The highest BCUT2D eigenvalue weighted by atomic mass is 79.9. The molecule has 1 aliphatic rings. The van der Waals surface area contributed by atoms with E-state index in [1.54, 1.807) is 0 Å². The third-order valence-corrected chi connectivity index (χ3v) is 4.08. The number of rotatable bonds is 2. The molecule has 1 N–H and O–H groups in total. The molecule has 0 aliphatic heterocycles. The Morgan fingerprint density at radius 3 is 2.67 bits per heavy atom. The molecule has 0 aromatic heterocycles. The average molecular weight is 269 g/mol. The van der Waals surface area contributed by atoms with Gasteiger partial charge in [-0.1, -0.05) is 47.0 Å². The van der Waals surface area contributed by atoms with Crippen LogP contribution >= 0.6 is 15.9 Å². The lowest BCUT2D eigenvalue weighted by Gasteiger charge is -2.27. The van der Waals surface area contributed by atoms with Crippen molar-refractivity contribution in [2.45, 2.75) is 38.2 Å². The molecular weight excluding hydrogens is 252 g/mol. The number of hydrogen-bond acceptors (Lipinski definition) is 1. The molecule has 1 aromatic rings. The number of halogens is 1. The molecule has 0 bridgehead atoms. The molecule has 15 heavy (non-hydrogen) atoms. The second kappa shape index (κ2) is 5.13. The number of aliphatic hydroxyl groups is 1. The second-order valence-corrected chi connectivity index (χ2v) is 5.26. The van der Waals surface area contributed by atoms with Gasteiger partial charge in [-0.2, -0.15) is 0 Å². The third-order valence-electron chi connectivity index (χ3n) is 3.31. The van der Waals surface area contributed by atoms with Crippen LogP contribution in [0.4, 0.5) is 0 Å². The molecule has 0 spiro atoms. The van der Waals surface area contributed by atoms with Crippen LogP contribution in [0.3, 0.4) is 0 Å². The SMILES string of the molecule is OC1CCCCC1Cc1ccccc1Br. The van der Waals surface area contributed by atoms with Crippen molar-refractivity contribution in [1.82, 2.24) is 0 Å². The molecule has 1 nitrogen and oxygen atoms in total. The van der Waals surface area contributed by atoms with Crippen molar-refractivity contribution in [3.05, 3.63) is 34.3 Å². The maximum atomic E-state index is 9.91. The van der Waals surface area contributed by atoms with Crippen LogP contribution in [0.25, 0.3) is 0 Å². The van der Waals surface area contributed by atoms with Gasteiger partial charge in [0.05, 0.1) is 6.10 Å². The Morgan fingerprint density at radius 2 is 1.93 bits per heavy atom. The Labute approximate surface area is 99.6 Å². The molecule has 1 fully saturated rings. The van der Waals surface area contributed by atoms with Gasteiger partial charge in [0.15, 0.2) is 0 Å². The maximum absolute atomic E-state index is 9.91. The summed E-state index contributed by atoms with van der Waals surface area (Å²) in [7, 11) is 0. The Morgan fingerprint density at radius 1 is 1.20 bits per heavy atom. The van der Waals surface area contributed by atoms with Crippen molar-refractivity contribution in [1.29, 1.82) is 0 Å². The lowest BCUT2D eigenvalue weighted by molar-refractivity contribution is 0.0699. The van der Waals surface area contributed by atoms with Crippen LogP contribution in [0.5, 0.6) is 0 Å². The first-order valence-corrected chi connectivity index (χ1v) is 6.48. The van der Waals surface area contributed by atoms with E-state index in [9.17, 15) is 5.11 Å². The molecule has 1 saturated carbocycles. The van der Waals surface area contributed by atoms with Crippen molar-refractivity contribution in [3.63, 3.8) is 0 Å². The first-order chi connectivity index (χ1) is 7.27. The van der Waals surface area contributed by atoms with Crippen molar-refractivity contribution < 1.29 is 5.11 Å². The predicted octanol–water partition coefficient (Wildman–Crippen LogP) is 3.54. The largest absolute Gasteiger partial charge is 0.393 e. The van der Waals surface area contributed by atoms with Gasteiger partial charge in [-0.15, -0.1) is 0 Å². The van der Waals surface area contributed by atoms with E-state index in [1.807, 2.05) is 6.07 Å². The van der Waals surface area contributed by atoms with Crippen LogP contribution < -0.4 is 0 Å². The average Bonchev–Trinajstić information content (AvgIpc) is 2.24. The smallest absolute Gasteiger partial charge is 0.0571 e. The van der Waals surface area contributed by atoms with E-state index in [1.165, 1.54) is 29.3 Å². The molecule has 0 saturated heterocycles. The molecule has 2 heteroatoms. The van der Waals surface area contributed by atoms with Gasteiger partial charge in [0.25, 0.3) is 0 Å². The fourth-order valence-electron chi connectivity index (χ4n) is 2.37. The van der Waals surface area contributed by atoms with Crippen LogP contribution in [-0.2, 0) is 6.42 Å². The molecule has 0 radical (unpaired) electrons. The van der Waals surface area contributed by atoms with Crippen LogP contribution in [0.15, 0.2) is 28.7 Å². The zero-order valence-corrected chi connectivity index (χ0v) is 10.4.